The lowest BCUT2D eigenvalue weighted by atomic mass is 10.2. The van der Waals surface area contributed by atoms with Crippen LogP contribution in [0, 0.1) is 0 Å². The number of carbonyl (C=O) groups excluding carboxylic acids is 1. The summed E-state index contributed by atoms with van der Waals surface area (Å²) in [5, 5.41) is 7.00. The summed E-state index contributed by atoms with van der Waals surface area (Å²) in [5.74, 6) is 0. The van der Waals surface area contributed by atoms with Crippen LogP contribution >= 0.6 is 0 Å². The van der Waals surface area contributed by atoms with Crippen molar-refractivity contribution in [3.05, 3.63) is 37.0 Å². The largest absolute Gasteiger partial charge is 0.400 e. The number of carbonyl (C=O) groups is 1. The summed E-state index contributed by atoms with van der Waals surface area (Å²) in [7, 11) is 1.00. The molecule has 82 valence electrons. The fraction of sp³-hybridized carbons (Fsp3) is 0.364. The molecule has 0 aliphatic rings. The number of rotatable bonds is 4. The Morgan fingerprint density at radius 1 is 1.43 bits per heavy atom. The minimum atomic E-state index is -0.519. The first-order valence-electron chi connectivity index (χ1n) is 4.17. The highest BCUT2D eigenvalue weighted by atomic mass is 19.1. The smallest absolute Gasteiger partial charge is 0.149 e. The predicted octanol–water partition coefficient (Wildman–Crippen LogP) is 2.46. The second-order valence-corrected chi connectivity index (χ2v) is 1.79. The number of hydrogen-bond donors (Lipinski definition) is 1. The van der Waals surface area contributed by atoms with Gasteiger partial charge in [-0.1, -0.05) is 25.2 Å². The van der Waals surface area contributed by atoms with Crippen molar-refractivity contribution >= 4 is 6.29 Å². The van der Waals surface area contributed by atoms with Crippen molar-refractivity contribution in [1.82, 2.24) is 0 Å². The van der Waals surface area contributed by atoms with Crippen LogP contribution in [0.1, 0.15) is 13.3 Å². The molecule has 0 saturated heterocycles. The average Bonchev–Trinajstić information content (AvgIpc) is 2.29. The van der Waals surface area contributed by atoms with Gasteiger partial charge in [0.2, 0.25) is 0 Å². The molecular weight excluding hydrogens is 183 g/mol. The minimum Gasteiger partial charge on any atom is -0.400 e. The normalized spacial score (nSPS) is 9.57. The molecule has 0 saturated carbocycles. The zero-order chi connectivity index (χ0) is 11.8. The molecule has 0 heterocycles. The third kappa shape index (κ3) is 17.0. The Kier molecular flexibility index (Phi) is 30.0. The number of halogens is 1. The van der Waals surface area contributed by atoms with Crippen molar-refractivity contribution < 1.29 is 14.3 Å². The number of aliphatic hydroxyl groups is 1. The van der Waals surface area contributed by atoms with Gasteiger partial charge in [-0.3, -0.25) is 4.79 Å². The van der Waals surface area contributed by atoms with Crippen molar-refractivity contribution in [3.63, 3.8) is 0 Å². The van der Waals surface area contributed by atoms with Gasteiger partial charge in [-0.25, -0.2) is 4.39 Å². The Hall–Kier alpha value is -1.22. The first-order chi connectivity index (χ1) is 6.85. The summed E-state index contributed by atoms with van der Waals surface area (Å²) in [6, 6.07) is 0. The number of alkyl halides is 1. The molecule has 0 spiro atoms. The molecule has 0 amide bonds. The van der Waals surface area contributed by atoms with Gasteiger partial charge in [-0.05, 0) is 6.42 Å². The molecule has 0 atom stereocenters. The van der Waals surface area contributed by atoms with Crippen molar-refractivity contribution in [2.75, 3.05) is 13.8 Å². The maximum atomic E-state index is 11.5. The summed E-state index contributed by atoms with van der Waals surface area (Å²) in [4.78, 5) is 10.2. The third-order valence-corrected chi connectivity index (χ3v) is 0.975. The van der Waals surface area contributed by atoms with Crippen LogP contribution in [0.3, 0.4) is 0 Å². The van der Waals surface area contributed by atoms with Crippen LogP contribution in [0.15, 0.2) is 37.0 Å². The number of aldehydes is 1. The number of hydrogen-bond acceptors (Lipinski definition) is 2. The van der Waals surface area contributed by atoms with Gasteiger partial charge >= 0.3 is 0 Å². The van der Waals surface area contributed by atoms with Crippen molar-refractivity contribution in [2.45, 2.75) is 13.3 Å². The monoisotopic (exact) mass is 202 g/mol. The minimum absolute atomic E-state index is 0.519. The van der Waals surface area contributed by atoms with Gasteiger partial charge in [0, 0.05) is 12.7 Å². The first-order valence-corrected chi connectivity index (χ1v) is 4.17. The van der Waals surface area contributed by atoms with Crippen LogP contribution in [0.2, 0.25) is 0 Å². The highest BCUT2D eigenvalue weighted by Gasteiger charge is 1.84. The molecule has 2 nitrogen and oxygen atoms in total. The molecule has 0 unspecified atom stereocenters. The zero-order valence-electron chi connectivity index (χ0n) is 8.87. The molecule has 1 N–H and O–H groups in total. The van der Waals surface area contributed by atoms with Crippen molar-refractivity contribution in [2.24, 2.45) is 0 Å². The Morgan fingerprint density at radius 2 is 1.93 bits per heavy atom. The van der Waals surface area contributed by atoms with Crippen LogP contribution in [0.4, 0.5) is 4.39 Å². The molecule has 0 aliphatic carbocycles. The van der Waals surface area contributed by atoms with E-state index in [4.69, 9.17) is 5.11 Å². The van der Waals surface area contributed by atoms with Gasteiger partial charge in [0.1, 0.15) is 13.0 Å². The third-order valence-electron chi connectivity index (χ3n) is 0.975. The first kappa shape index (κ1) is 18.5. The van der Waals surface area contributed by atoms with Gasteiger partial charge in [0.15, 0.2) is 0 Å². The fourth-order valence-corrected chi connectivity index (χ4v) is 0.572. The molecule has 0 aromatic carbocycles. The molecule has 14 heavy (non-hydrogen) atoms. The summed E-state index contributed by atoms with van der Waals surface area (Å²) in [5.41, 5.74) is 0.542. The van der Waals surface area contributed by atoms with Crippen molar-refractivity contribution in [3.8, 4) is 0 Å². The van der Waals surface area contributed by atoms with Gasteiger partial charge in [-0.2, -0.15) is 0 Å². The molecule has 3 heteroatoms. The molecule has 0 rings (SSSR count). The van der Waals surface area contributed by atoms with Gasteiger partial charge < -0.3 is 5.11 Å². The lowest BCUT2D eigenvalue weighted by Gasteiger charge is -1.85. The Morgan fingerprint density at radius 3 is 2.21 bits per heavy atom. The maximum Gasteiger partial charge on any atom is 0.149 e. The van der Waals surface area contributed by atoms with Gasteiger partial charge in [0.05, 0.1) is 0 Å². The van der Waals surface area contributed by atoms with Crippen LogP contribution in [0.25, 0.3) is 0 Å². The number of aliphatic hydroxyl groups excluding tert-OH is 1. The Labute approximate surface area is 85.5 Å². The molecule has 0 aliphatic heterocycles. The Balaban J connectivity index is -0.000000266. The fourth-order valence-electron chi connectivity index (χ4n) is 0.572. The highest BCUT2D eigenvalue weighted by molar-refractivity contribution is 5.77. The molecule has 0 bridgehead atoms. The van der Waals surface area contributed by atoms with E-state index in [0.717, 1.165) is 19.8 Å². The number of allylic oxidation sites excluding steroid dienone is 4. The highest BCUT2D eigenvalue weighted by Crippen LogP contribution is 1.94. The van der Waals surface area contributed by atoms with Crippen LogP contribution in [-0.4, -0.2) is 25.2 Å². The second kappa shape index (κ2) is 22.6. The lowest BCUT2D eigenvalue weighted by molar-refractivity contribution is -0.104. The predicted molar refractivity (Wildman–Crippen MR) is 58.9 cm³/mol. The van der Waals surface area contributed by atoms with E-state index in [-0.39, 0.29) is 0 Å². The van der Waals surface area contributed by atoms with E-state index in [2.05, 4.69) is 13.2 Å². The van der Waals surface area contributed by atoms with Crippen LogP contribution in [0.5, 0.6) is 0 Å². The topological polar surface area (TPSA) is 37.3 Å². The summed E-state index contributed by atoms with van der Waals surface area (Å²) < 4.78 is 11.5. The molecule has 0 radical (unpaired) electrons. The van der Waals surface area contributed by atoms with Crippen LogP contribution in [-0.2, 0) is 4.79 Å². The summed E-state index contributed by atoms with van der Waals surface area (Å²) in [6.45, 7) is 7.40. The zero-order valence-corrected chi connectivity index (χ0v) is 8.87. The lowest BCUT2D eigenvalue weighted by Crippen LogP contribution is -1.78. The van der Waals surface area contributed by atoms with Crippen molar-refractivity contribution in [1.29, 1.82) is 0 Å². The van der Waals surface area contributed by atoms with E-state index in [1.54, 1.807) is 6.08 Å². The summed E-state index contributed by atoms with van der Waals surface area (Å²) >= 11 is 0. The average molecular weight is 202 g/mol. The molecule has 0 fully saturated rings. The molecule has 0 aromatic heterocycles. The quantitative estimate of drug-likeness (QED) is 0.329. The molecular formula is C11H19FO2. The molecule has 0 aromatic rings. The SMILES string of the molecule is C=C.CC/C=C(C=O)\C=C/CF.CO. The maximum absolute atomic E-state index is 11.5. The van der Waals surface area contributed by atoms with Crippen LogP contribution < -0.4 is 0 Å². The Bertz CT molecular complexity index is 163. The van der Waals surface area contributed by atoms with E-state index < -0.39 is 6.67 Å². The van der Waals surface area contributed by atoms with E-state index in [0.29, 0.717) is 5.57 Å². The van der Waals surface area contributed by atoms with Gasteiger partial charge in [0.25, 0.3) is 0 Å². The van der Waals surface area contributed by atoms with E-state index in [1.807, 2.05) is 6.92 Å². The summed E-state index contributed by atoms with van der Waals surface area (Å²) in [6.07, 6.45) is 6.06. The van der Waals surface area contributed by atoms with Gasteiger partial charge in [-0.15, -0.1) is 13.2 Å². The van der Waals surface area contributed by atoms with E-state index >= 15 is 0 Å². The van der Waals surface area contributed by atoms with E-state index in [1.165, 1.54) is 12.2 Å². The van der Waals surface area contributed by atoms with E-state index in [9.17, 15) is 9.18 Å². The standard InChI is InChI=1S/C8H11FO.C2H4.CH4O/c1-2-4-8(7-10)5-3-6-9;2*1-2/h3-5,7H,2,6H2,1H3;1-2H2;2H,1H3/b5-3-,8-4+;;. The second-order valence-electron chi connectivity index (χ2n) is 1.79.